The Hall–Kier alpha value is -1.01. The summed E-state index contributed by atoms with van der Waals surface area (Å²) < 4.78 is 26.5. The number of benzene rings is 1. The molecule has 1 atom stereocenters. The van der Waals surface area contributed by atoms with Gasteiger partial charge in [0.05, 0.1) is 16.2 Å². The molecule has 0 radical (unpaired) electrons. The van der Waals surface area contributed by atoms with E-state index in [1.54, 1.807) is 0 Å². The van der Waals surface area contributed by atoms with E-state index in [2.05, 4.69) is 21.2 Å². The third-order valence-electron chi connectivity index (χ3n) is 2.33. The fourth-order valence-corrected chi connectivity index (χ4v) is 1.80. The summed E-state index contributed by atoms with van der Waals surface area (Å²) >= 11 is 2.92. The van der Waals surface area contributed by atoms with Gasteiger partial charge in [0.15, 0.2) is 0 Å². The second kappa shape index (κ2) is 6.24. The van der Waals surface area contributed by atoms with Crippen molar-refractivity contribution in [2.24, 2.45) is 11.7 Å². The molecule has 100 valence electrons. The Balaban J connectivity index is 2.79. The van der Waals surface area contributed by atoms with E-state index in [-0.39, 0.29) is 16.1 Å². The number of hydrogen-bond donors (Lipinski definition) is 2. The molecule has 1 aromatic rings. The van der Waals surface area contributed by atoms with Gasteiger partial charge in [-0.05, 0) is 34.3 Å². The highest BCUT2D eigenvalue weighted by molar-refractivity contribution is 9.10. The van der Waals surface area contributed by atoms with Gasteiger partial charge < -0.3 is 11.1 Å². The number of nitrogens with two attached hydrogens (primary N) is 1. The van der Waals surface area contributed by atoms with Crippen molar-refractivity contribution in [3.05, 3.63) is 28.2 Å². The summed E-state index contributed by atoms with van der Waals surface area (Å²) in [4.78, 5) is 11.7. The second-order valence-electron chi connectivity index (χ2n) is 4.47. The molecule has 3 N–H and O–H groups in total. The SMILES string of the molecule is CC(C)C[C@@H](N)C(=O)Nc1cc(Br)c(F)cc1F. The number of anilines is 1. The van der Waals surface area contributed by atoms with Crippen molar-refractivity contribution in [2.45, 2.75) is 26.3 Å². The van der Waals surface area contributed by atoms with Crippen LogP contribution in [-0.2, 0) is 4.79 Å². The molecule has 3 nitrogen and oxygen atoms in total. The predicted molar refractivity (Wildman–Crippen MR) is 70.1 cm³/mol. The summed E-state index contributed by atoms with van der Waals surface area (Å²) in [5.74, 6) is -1.78. The fraction of sp³-hybridized carbons (Fsp3) is 0.417. The van der Waals surface area contributed by atoms with Crippen molar-refractivity contribution >= 4 is 27.5 Å². The van der Waals surface area contributed by atoms with Gasteiger partial charge in [-0.15, -0.1) is 0 Å². The minimum Gasteiger partial charge on any atom is -0.322 e. The molecule has 1 aromatic carbocycles. The van der Waals surface area contributed by atoms with Crippen molar-refractivity contribution in [1.29, 1.82) is 0 Å². The summed E-state index contributed by atoms with van der Waals surface area (Å²) in [6, 6.07) is 1.16. The molecule has 0 saturated heterocycles. The summed E-state index contributed by atoms with van der Waals surface area (Å²) in [6.07, 6.45) is 0.496. The first-order chi connectivity index (χ1) is 8.31. The largest absolute Gasteiger partial charge is 0.322 e. The molecule has 6 heteroatoms. The maximum absolute atomic E-state index is 13.4. The van der Waals surface area contributed by atoms with Crippen molar-refractivity contribution in [2.75, 3.05) is 5.32 Å². The first-order valence-corrected chi connectivity index (χ1v) is 6.31. The first kappa shape index (κ1) is 15.0. The van der Waals surface area contributed by atoms with Gasteiger partial charge >= 0.3 is 0 Å². The molecule has 0 bridgehead atoms. The van der Waals surface area contributed by atoms with Crippen LogP contribution in [0.25, 0.3) is 0 Å². The molecule has 1 rings (SSSR count). The number of hydrogen-bond acceptors (Lipinski definition) is 2. The van der Waals surface area contributed by atoms with Crippen LogP contribution in [0.3, 0.4) is 0 Å². The lowest BCUT2D eigenvalue weighted by Crippen LogP contribution is -2.36. The van der Waals surface area contributed by atoms with E-state index in [0.717, 1.165) is 0 Å². The first-order valence-electron chi connectivity index (χ1n) is 5.52. The van der Waals surface area contributed by atoms with Gasteiger partial charge in [0, 0.05) is 6.07 Å². The Morgan fingerprint density at radius 3 is 2.56 bits per heavy atom. The Bertz CT molecular complexity index is 452. The van der Waals surface area contributed by atoms with Crippen LogP contribution in [0, 0.1) is 17.6 Å². The summed E-state index contributed by atoms with van der Waals surface area (Å²) in [7, 11) is 0. The van der Waals surface area contributed by atoms with Crippen molar-refractivity contribution in [1.82, 2.24) is 0 Å². The number of amides is 1. The third-order valence-corrected chi connectivity index (χ3v) is 2.94. The van der Waals surface area contributed by atoms with Gasteiger partial charge in [0.1, 0.15) is 11.6 Å². The molecule has 0 aliphatic heterocycles. The van der Waals surface area contributed by atoms with Crippen molar-refractivity contribution in [3.63, 3.8) is 0 Å². The van der Waals surface area contributed by atoms with Crippen molar-refractivity contribution < 1.29 is 13.6 Å². The van der Waals surface area contributed by atoms with E-state index in [4.69, 9.17) is 5.73 Å². The third kappa shape index (κ3) is 4.03. The molecule has 0 aliphatic rings. The number of nitrogens with one attached hydrogen (secondary N) is 1. The van der Waals surface area contributed by atoms with Gasteiger partial charge in [0.2, 0.25) is 5.91 Å². The Morgan fingerprint density at radius 2 is 2.00 bits per heavy atom. The Labute approximate surface area is 113 Å². The minimum absolute atomic E-state index is 0.0802. The van der Waals surface area contributed by atoms with E-state index in [9.17, 15) is 13.6 Å². The normalized spacial score (nSPS) is 12.6. The molecule has 0 fully saturated rings. The zero-order valence-electron chi connectivity index (χ0n) is 10.1. The number of carbonyl (C=O) groups is 1. The molecule has 0 aliphatic carbocycles. The van der Waals surface area contributed by atoms with E-state index in [1.807, 2.05) is 13.8 Å². The lowest BCUT2D eigenvalue weighted by atomic mass is 10.0. The van der Waals surface area contributed by atoms with Gasteiger partial charge in [-0.2, -0.15) is 0 Å². The highest BCUT2D eigenvalue weighted by Gasteiger charge is 2.17. The van der Waals surface area contributed by atoms with Gasteiger partial charge in [-0.1, -0.05) is 13.8 Å². The maximum atomic E-state index is 13.4. The smallest absolute Gasteiger partial charge is 0.241 e. The monoisotopic (exact) mass is 320 g/mol. The molecule has 0 aromatic heterocycles. The molecule has 0 unspecified atom stereocenters. The highest BCUT2D eigenvalue weighted by atomic mass is 79.9. The van der Waals surface area contributed by atoms with Crippen LogP contribution < -0.4 is 11.1 Å². The molecule has 1 amide bonds. The van der Waals surface area contributed by atoms with E-state index in [0.29, 0.717) is 12.5 Å². The van der Waals surface area contributed by atoms with Crippen LogP contribution in [-0.4, -0.2) is 11.9 Å². The average molecular weight is 321 g/mol. The zero-order chi connectivity index (χ0) is 13.9. The minimum atomic E-state index is -0.833. The number of rotatable bonds is 4. The molecule has 0 heterocycles. The topological polar surface area (TPSA) is 55.1 Å². The zero-order valence-corrected chi connectivity index (χ0v) is 11.7. The van der Waals surface area contributed by atoms with Gasteiger partial charge in [-0.3, -0.25) is 4.79 Å². The summed E-state index contributed by atoms with van der Waals surface area (Å²) in [5, 5.41) is 2.35. The van der Waals surface area contributed by atoms with Gasteiger partial charge in [-0.25, -0.2) is 8.78 Å². The Kier molecular flexibility index (Phi) is 5.22. The maximum Gasteiger partial charge on any atom is 0.241 e. The quantitative estimate of drug-likeness (QED) is 0.838. The fourth-order valence-electron chi connectivity index (χ4n) is 1.46. The van der Waals surface area contributed by atoms with Gasteiger partial charge in [0.25, 0.3) is 0 Å². The molecular weight excluding hydrogens is 306 g/mol. The van der Waals surface area contributed by atoms with E-state index in [1.165, 1.54) is 6.07 Å². The van der Waals surface area contributed by atoms with Crippen LogP contribution in [0.2, 0.25) is 0 Å². The van der Waals surface area contributed by atoms with Crippen LogP contribution in [0.1, 0.15) is 20.3 Å². The number of halogens is 3. The van der Waals surface area contributed by atoms with Crippen LogP contribution in [0.5, 0.6) is 0 Å². The predicted octanol–water partition coefficient (Wildman–Crippen LogP) is 3.04. The molecule has 0 saturated carbocycles. The molecule has 18 heavy (non-hydrogen) atoms. The Morgan fingerprint density at radius 1 is 1.39 bits per heavy atom. The lowest BCUT2D eigenvalue weighted by molar-refractivity contribution is -0.117. The van der Waals surface area contributed by atoms with E-state index < -0.39 is 23.6 Å². The summed E-state index contributed by atoms with van der Waals surface area (Å²) in [6.45, 7) is 3.87. The van der Waals surface area contributed by atoms with Crippen LogP contribution >= 0.6 is 15.9 Å². The number of carbonyl (C=O) groups excluding carboxylic acids is 1. The van der Waals surface area contributed by atoms with Crippen LogP contribution in [0.15, 0.2) is 16.6 Å². The summed E-state index contributed by atoms with van der Waals surface area (Å²) in [5.41, 5.74) is 5.57. The standard InChI is InChI=1S/C12H15BrF2N2O/c1-6(2)3-10(16)12(18)17-11-4-7(13)8(14)5-9(11)15/h4-6,10H,3,16H2,1-2H3,(H,17,18)/t10-/m1/s1. The lowest BCUT2D eigenvalue weighted by Gasteiger charge is -2.14. The van der Waals surface area contributed by atoms with Crippen LogP contribution in [0.4, 0.5) is 14.5 Å². The van der Waals surface area contributed by atoms with E-state index >= 15 is 0 Å². The van der Waals surface area contributed by atoms with Crippen molar-refractivity contribution in [3.8, 4) is 0 Å². The highest BCUT2D eigenvalue weighted by Crippen LogP contribution is 2.23. The average Bonchev–Trinajstić information content (AvgIpc) is 2.24. The molecule has 0 spiro atoms. The molecular formula is C12H15BrF2N2O. The second-order valence-corrected chi connectivity index (χ2v) is 5.33.